The second kappa shape index (κ2) is 12.4. The fourth-order valence-corrected chi connectivity index (χ4v) is 4.73. The highest BCUT2D eigenvalue weighted by Gasteiger charge is 2.17. The number of rotatable bonds is 12. The second-order valence-electron chi connectivity index (χ2n) is 8.18. The van der Waals surface area contributed by atoms with Crippen LogP contribution in [0.3, 0.4) is 0 Å². The highest BCUT2D eigenvalue weighted by molar-refractivity contribution is 7.92. The highest BCUT2D eigenvalue weighted by atomic mass is 32.2. The summed E-state index contributed by atoms with van der Waals surface area (Å²) in [7, 11) is -0.704. The van der Waals surface area contributed by atoms with E-state index in [2.05, 4.69) is 10.0 Å². The van der Waals surface area contributed by atoms with Gasteiger partial charge in [0.15, 0.2) is 18.1 Å². The van der Waals surface area contributed by atoms with Crippen molar-refractivity contribution in [2.24, 2.45) is 0 Å². The van der Waals surface area contributed by atoms with Gasteiger partial charge in [-0.15, -0.1) is 0 Å². The second-order valence-corrected chi connectivity index (χ2v) is 9.86. The number of anilines is 1. The van der Waals surface area contributed by atoms with Crippen molar-refractivity contribution >= 4 is 21.6 Å². The summed E-state index contributed by atoms with van der Waals surface area (Å²) in [5, 5.41) is 2.87. The van der Waals surface area contributed by atoms with Gasteiger partial charge in [0.05, 0.1) is 31.8 Å². The van der Waals surface area contributed by atoms with E-state index in [-0.39, 0.29) is 23.5 Å². The summed E-state index contributed by atoms with van der Waals surface area (Å²) >= 11 is 0. The predicted molar refractivity (Wildman–Crippen MR) is 141 cm³/mol. The van der Waals surface area contributed by atoms with Crippen LogP contribution in [-0.2, 0) is 14.8 Å². The monoisotopic (exact) mass is 528 g/mol. The van der Waals surface area contributed by atoms with Crippen LogP contribution in [0.15, 0.2) is 65.6 Å². The lowest BCUT2D eigenvalue weighted by atomic mass is 10.1. The first-order valence-electron chi connectivity index (χ1n) is 11.7. The van der Waals surface area contributed by atoms with E-state index in [0.29, 0.717) is 40.9 Å². The van der Waals surface area contributed by atoms with Crippen LogP contribution in [0.1, 0.15) is 31.0 Å². The van der Waals surface area contributed by atoms with Crippen LogP contribution < -0.4 is 29.0 Å². The Morgan fingerprint density at radius 3 is 2.19 bits per heavy atom. The number of hydrogen-bond acceptors (Lipinski definition) is 7. The molecule has 0 saturated heterocycles. The number of methoxy groups -OCH3 is 2. The summed E-state index contributed by atoms with van der Waals surface area (Å²) < 4.78 is 49.8. The molecule has 9 nitrogen and oxygen atoms in total. The summed E-state index contributed by atoms with van der Waals surface area (Å²) in [5.74, 6) is 1.91. The Bertz CT molecular complexity index is 1330. The van der Waals surface area contributed by atoms with E-state index in [1.165, 1.54) is 18.2 Å². The Kier molecular flexibility index (Phi) is 9.24. The van der Waals surface area contributed by atoms with Crippen LogP contribution in [0.2, 0.25) is 0 Å². The molecule has 0 radical (unpaired) electrons. The lowest BCUT2D eigenvalue weighted by Gasteiger charge is -2.17. The average Bonchev–Trinajstić information content (AvgIpc) is 2.88. The number of ether oxygens (including phenoxy) is 4. The van der Waals surface area contributed by atoms with Gasteiger partial charge in [0.1, 0.15) is 11.5 Å². The van der Waals surface area contributed by atoms with Gasteiger partial charge in [-0.25, -0.2) is 8.42 Å². The molecule has 0 fully saturated rings. The van der Waals surface area contributed by atoms with Crippen LogP contribution in [-0.4, -0.2) is 41.8 Å². The molecule has 0 saturated carbocycles. The molecule has 0 heterocycles. The van der Waals surface area contributed by atoms with E-state index in [1.54, 1.807) is 57.5 Å². The van der Waals surface area contributed by atoms with Gasteiger partial charge in [0.25, 0.3) is 15.9 Å². The molecule has 3 aromatic carbocycles. The SMILES string of the molecule is CCOc1ccc(NS(=O)(=O)c2ccc(OCC(=O)NC(C)c3ccc(OC)c(OC)c3)c(C)c2)cc1. The van der Waals surface area contributed by atoms with E-state index < -0.39 is 10.0 Å². The maximum atomic E-state index is 12.8. The minimum Gasteiger partial charge on any atom is -0.494 e. The van der Waals surface area contributed by atoms with Crippen molar-refractivity contribution in [1.82, 2.24) is 5.32 Å². The largest absolute Gasteiger partial charge is 0.494 e. The molecule has 1 atom stereocenters. The first-order chi connectivity index (χ1) is 17.7. The molecule has 1 unspecified atom stereocenters. The molecule has 3 aromatic rings. The van der Waals surface area contributed by atoms with Gasteiger partial charge in [-0.05, 0) is 86.5 Å². The third kappa shape index (κ3) is 7.29. The summed E-state index contributed by atoms with van der Waals surface area (Å²) in [6, 6.07) is 16.2. The third-order valence-electron chi connectivity index (χ3n) is 5.52. The maximum absolute atomic E-state index is 12.8. The van der Waals surface area contributed by atoms with Crippen LogP contribution in [0.25, 0.3) is 0 Å². The van der Waals surface area contributed by atoms with Crippen molar-refractivity contribution in [2.45, 2.75) is 31.7 Å². The molecule has 0 aliphatic carbocycles. The number of benzene rings is 3. The van der Waals surface area contributed by atoms with Gasteiger partial charge < -0.3 is 24.3 Å². The quantitative estimate of drug-likeness (QED) is 0.357. The average molecular weight is 529 g/mol. The molecular formula is C27H32N2O7S. The van der Waals surface area contributed by atoms with Crippen LogP contribution in [0, 0.1) is 6.92 Å². The Morgan fingerprint density at radius 2 is 1.57 bits per heavy atom. The molecule has 3 rings (SSSR count). The van der Waals surface area contributed by atoms with Crippen molar-refractivity contribution in [3.8, 4) is 23.0 Å². The first kappa shape index (κ1) is 27.7. The van der Waals surface area contributed by atoms with Crippen molar-refractivity contribution in [2.75, 3.05) is 32.2 Å². The smallest absolute Gasteiger partial charge is 0.261 e. The van der Waals surface area contributed by atoms with E-state index in [0.717, 1.165) is 5.56 Å². The summed E-state index contributed by atoms with van der Waals surface area (Å²) in [6.07, 6.45) is 0. The van der Waals surface area contributed by atoms with Gasteiger partial charge >= 0.3 is 0 Å². The highest BCUT2D eigenvalue weighted by Crippen LogP contribution is 2.30. The Balaban J connectivity index is 1.59. The molecule has 0 aliphatic rings. The van der Waals surface area contributed by atoms with Crippen molar-refractivity contribution in [3.63, 3.8) is 0 Å². The third-order valence-corrected chi connectivity index (χ3v) is 6.90. The molecular weight excluding hydrogens is 496 g/mol. The topological polar surface area (TPSA) is 112 Å². The van der Waals surface area contributed by atoms with Crippen LogP contribution in [0.5, 0.6) is 23.0 Å². The standard InChI is InChI=1S/C27H32N2O7S/c1-6-35-22-10-8-21(9-11-22)29-37(31,32)23-12-14-24(18(2)15-23)36-17-27(30)28-19(3)20-7-13-25(33-4)26(16-20)34-5/h7-16,19,29H,6,17H2,1-5H3,(H,28,30). The van der Waals surface area contributed by atoms with Crippen LogP contribution >= 0.6 is 0 Å². The number of hydrogen-bond donors (Lipinski definition) is 2. The minimum atomic E-state index is -3.81. The van der Waals surface area contributed by atoms with Gasteiger partial charge in [-0.2, -0.15) is 0 Å². The van der Waals surface area contributed by atoms with Gasteiger partial charge in [-0.1, -0.05) is 6.07 Å². The molecule has 0 aromatic heterocycles. The zero-order chi connectivity index (χ0) is 27.0. The lowest BCUT2D eigenvalue weighted by Crippen LogP contribution is -2.31. The van der Waals surface area contributed by atoms with Crippen molar-refractivity contribution in [1.29, 1.82) is 0 Å². The molecule has 2 N–H and O–H groups in total. The lowest BCUT2D eigenvalue weighted by molar-refractivity contribution is -0.123. The van der Waals surface area contributed by atoms with Crippen molar-refractivity contribution < 1.29 is 32.2 Å². The number of amides is 1. The van der Waals surface area contributed by atoms with Gasteiger partial charge in [0.2, 0.25) is 0 Å². The molecule has 0 spiro atoms. The van der Waals surface area contributed by atoms with E-state index in [9.17, 15) is 13.2 Å². The molecule has 0 aliphatic heterocycles. The van der Waals surface area contributed by atoms with Gasteiger partial charge in [-0.3, -0.25) is 9.52 Å². The normalized spacial score (nSPS) is 11.8. The fourth-order valence-electron chi connectivity index (χ4n) is 3.58. The molecule has 1 amide bonds. The number of aryl methyl sites for hydroxylation is 1. The van der Waals surface area contributed by atoms with Crippen LogP contribution in [0.4, 0.5) is 5.69 Å². The summed E-state index contributed by atoms with van der Waals surface area (Å²) in [4.78, 5) is 12.6. The molecule has 10 heteroatoms. The first-order valence-corrected chi connectivity index (χ1v) is 13.2. The maximum Gasteiger partial charge on any atom is 0.261 e. The number of carbonyl (C=O) groups excluding carboxylic acids is 1. The number of nitrogens with one attached hydrogen (secondary N) is 2. The van der Waals surface area contributed by atoms with E-state index in [1.807, 2.05) is 19.9 Å². The molecule has 198 valence electrons. The Labute approximate surface area is 217 Å². The zero-order valence-corrected chi connectivity index (χ0v) is 22.3. The van der Waals surface area contributed by atoms with E-state index >= 15 is 0 Å². The number of sulfonamides is 1. The fraction of sp³-hybridized carbons (Fsp3) is 0.296. The van der Waals surface area contributed by atoms with Gasteiger partial charge in [0, 0.05) is 5.69 Å². The van der Waals surface area contributed by atoms with E-state index in [4.69, 9.17) is 18.9 Å². The molecule has 37 heavy (non-hydrogen) atoms. The zero-order valence-electron chi connectivity index (χ0n) is 21.5. The number of carbonyl (C=O) groups is 1. The Hall–Kier alpha value is -3.92. The van der Waals surface area contributed by atoms with Crippen molar-refractivity contribution in [3.05, 3.63) is 71.8 Å². The summed E-state index contributed by atoms with van der Waals surface area (Å²) in [6.45, 7) is 5.74. The Morgan fingerprint density at radius 1 is 0.892 bits per heavy atom. The minimum absolute atomic E-state index is 0.0813. The molecule has 0 bridgehead atoms. The predicted octanol–water partition coefficient (Wildman–Crippen LogP) is 4.47. The summed E-state index contributed by atoms with van der Waals surface area (Å²) in [5.41, 5.74) is 1.84.